The van der Waals surface area contributed by atoms with Gasteiger partial charge in [-0.05, 0) is 37.0 Å². The van der Waals surface area contributed by atoms with Crippen molar-refractivity contribution in [3.05, 3.63) is 45.9 Å². The number of benzene rings is 1. The van der Waals surface area contributed by atoms with Gasteiger partial charge in [0.2, 0.25) is 0 Å². The maximum atomic E-state index is 11.0. The minimum absolute atomic E-state index is 0.199. The van der Waals surface area contributed by atoms with Crippen LogP contribution in [0.25, 0.3) is 0 Å². The monoisotopic (exact) mass is 452 g/mol. The van der Waals surface area contributed by atoms with Gasteiger partial charge in [0.1, 0.15) is 12.4 Å². The largest absolute Gasteiger partial charge is 0.487 e. The Labute approximate surface area is 181 Å². The molecule has 2 fully saturated rings. The molecule has 0 saturated carbocycles. The van der Waals surface area contributed by atoms with E-state index in [9.17, 15) is 9.00 Å². The molecule has 1 N–H and O–H groups in total. The molecule has 8 nitrogen and oxygen atoms in total. The van der Waals surface area contributed by atoms with Crippen molar-refractivity contribution in [1.82, 2.24) is 9.88 Å². The predicted octanol–water partition coefficient (Wildman–Crippen LogP) is 3.36. The van der Waals surface area contributed by atoms with Gasteiger partial charge in [-0.3, -0.25) is 8.37 Å². The van der Waals surface area contributed by atoms with Crippen LogP contribution in [-0.4, -0.2) is 51.6 Å². The third kappa shape index (κ3) is 5.57. The van der Waals surface area contributed by atoms with E-state index in [1.807, 2.05) is 29.6 Å². The molecule has 1 aromatic heterocycles. The maximum absolute atomic E-state index is 11.0. The zero-order valence-electron chi connectivity index (χ0n) is 16.4. The molecule has 2 saturated heterocycles. The lowest BCUT2D eigenvalue weighted by atomic mass is 9.98. The van der Waals surface area contributed by atoms with E-state index in [-0.39, 0.29) is 5.92 Å². The van der Waals surface area contributed by atoms with E-state index < -0.39 is 17.5 Å². The molecule has 10 heteroatoms. The zero-order chi connectivity index (χ0) is 20.9. The highest BCUT2D eigenvalue weighted by Crippen LogP contribution is 2.30. The maximum Gasteiger partial charge on any atom is 0.407 e. The normalized spacial score (nSPS) is 22.7. The Morgan fingerprint density at radius 2 is 1.93 bits per heavy atom. The van der Waals surface area contributed by atoms with Crippen molar-refractivity contribution in [3.8, 4) is 5.75 Å². The first-order valence-electron chi connectivity index (χ1n) is 9.89. The molecule has 30 heavy (non-hydrogen) atoms. The summed E-state index contributed by atoms with van der Waals surface area (Å²) in [6.07, 6.45) is 1.58. The summed E-state index contributed by atoms with van der Waals surface area (Å²) in [7, 11) is 0. The van der Waals surface area contributed by atoms with Gasteiger partial charge in [-0.15, -0.1) is 11.3 Å². The number of rotatable bonds is 6. The topological polar surface area (TPSA) is 98.2 Å². The Morgan fingerprint density at radius 1 is 1.23 bits per heavy atom. The Bertz CT molecular complexity index is 870. The third-order valence-corrected chi connectivity index (χ3v) is 7.03. The van der Waals surface area contributed by atoms with Gasteiger partial charge in [0, 0.05) is 30.3 Å². The average molecular weight is 453 g/mol. The number of amides is 1. The molecule has 2 aliphatic heterocycles. The Kier molecular flexibility index (Phi) is 6.98. The Hall–Kier alpha value is -2.01. The summed E-state index contributed by atoms with van der Waals surface area (Å²) in [5.41, 5.74) is 2.04. The van der Waals surface area contributed by atoms with Crippen LogP contribution in [0.2, 0.25) is 0 Å². The molecule has 162 valence electrons. The number of aromatic nitrogens is 1. The summed E-state index contributed by atoms with van der Waals surface area (Å²) >= 11 is 0.0224. The van der Waals surface area contributed by atoms with Crippen molar-refractivity contribution >= 4 is 28.8 Å². The number of hydrogen-bond acceptors (Lipinski definition) is 7. The molecule has 2 aromatic rings. The summed E-state index contributed by atoms with van der Waals surface area (Å²) < 4.78 is 27.0. The SMILES string of the molecule is O=C(O)N1CCC(c2nc(COc3ccc(CC4COS(=O)OC4)cc3)cs2)CC1. The number of likely N-dealkylation sites (tertiary alicyclic amines) is 1. The molecule has 4 rings (SSSR count). The van der Waals surface area contributed by atoms with Gasteiger partial charge in [0.25, 0.3) is 0 Å². The van der Waals surface area contributed by atoms with Crippen LogP contribution in [0.3, 0.4) is 0 Å². The third-order valence-electron chi connectivity index (χ3n) is 5.32. The van der Waals surface area contributed by atoms with Crippen LogP contribution in [0.15, 0.2) is 29.6 Å². The minimum Gasteiger partial charge on any atom is -0.487 e. The fraction of sp³-hybridized carbons (Fsp3) is 0.500. The number of carboxylic acid groups (broad SMARTS) is 1. The summed E-state index contributed by atoms with van der Waals surface area (Å²) in [6.45, 7) is 2.40. The molecule has 2 aliphatic rings. The van der Waals surface area contributed by atoms with Crippen LogP contribution in [0.1, 0.15) is 35.0 Å². The second-order valence-electron chi connectivity index (χ2n) is 7.50. The molecule has 3 heterocycles. The van der Waals surface area contributed by atoms with E-state index in [0.29, 0.717) is 38.8 Å². The lowest BCUT2D eigenvalue weighted by molar-refractivity contribution is 0.124. The standard InChI is InChI=1S/C20H24N2O6S2/c23-20(24)22-7-5-16(6-8-22)19-21-17(13-29-19)12-26-18-3-1-14(2-4-18)9-15-10-27-30(25)28-11-15/h1-4,13,15-16H,5-12H2,(H,23,24). The molecule has 0 atom stereocenters. The molecule has 0 aliphatic carbocycles. The van der Waals surface area contributed by atoms with Crippen molar-refractivity contribution in [2.45, 2.75) is 31.8 Å². The highest BCUT2D eigenvalue weighted by molar-refractivity contribution is 7.75. The van der Waals surface area contributed by atoms with Gasteiger partial charge in [-0.2, -0.15) is 4.21 Å². The van der Waals surface area contributed by atoms with Gasteiger partial charge >= 0.3 is 17.5 Å². The van der Waals surface area contributed by atoms with Crippen LogP contribution in [0.5, 0.6) is 5.75 Å². The molecule has 0 bridgehead atoms. The molecule has 0 radical (unpaired) electrons. The van der Waals surface area contributed by atoms with Crippen molar-refractivity contribution in [2.24, 2.45) is 5.92 Å². The van der Waals surface area contributed by atoms with Gasteiger partial charge in [0.05, 0.1) is 23.9 Å². The first-order chi connectivity index (χ1) is 14.6. The quantitative estimate of drug-likeness (QED) is 0.718. The number of thiazole rings is 1. The van der Waals surface area contributed by atoms with Crippen molar-refractivity contribution in [2.75, 3.05) is 26.3 Å². The Balaban J connectivity index is 1.24. The fourth-order valence-electron chi connectivity index (χ4n) is 3.61. The van der Waals surface area contributed by atoms with E-state index >= 15 is 0 Å². The molecule has 0 spiro atoms. The number of ether oxygens (including phenoxy) is 1. The number of hydrogen-bond donors (Lipinski definition) is 1. The van der Waals surface area contributed by atoms with Crippen LogP contribution in [0.4, 0.5) is 4.79 Å². The fourth-order valence-corrected chi connectivity index (χ4v) is 5.26. The van der Waals surface area contributed by atoms with Crippen LogP contribution >= 0.6 is 11.3 Å². The molecular weight excluding hydrogens is 428 g/mol. The van der Waals surface area contributed by atoms with E-state index in [2.05, 4.69) is 0 Å². The molecule has 1 amide bonds. The summed E-state index contributed by atoms with van der Waals surface area (Å²) in [6, 6.07) is 7.91. The van der Waals surface area contributed by atoms with E-state index in [0.717, 1.165) is 41.3 Å². The summed E-state index contributed by atoms with van der Waals surface area (Å²) in [5, 5.41) is 12.1. The van der Waals surface area contributed by atoms with Crippen molar-refractivity contribution in [3.63, 3.8) is 0 Å². The van der Waals surface area contributed by atoms with Crippen molar-refractivity contribution < 1.29 is 27.2 Å². The Morgan fingerprint density at radius 3 is 2.60 bits per heavy atom. The number of carbonyl (C=O) groups is 1. The molecular formula is C20H24N2O6S2. The van der Waals surface area contributed by atoms with Crippen LogP contribution in [0, 0.1) is 5.92 Å². The summed E-state index contributed by atoms with van der Waals surface area (Å²) in [4.78, 5) is 17.2. The lowest BCUT2D eigenvalue weighted by Crippen LogP contribution is -2.36. The van der Waals surface area contributed by atoms with Gasteiger partial charge in [-0.1, -0.05) is 12.1 Å². The lowest BCUT2D eigenvalue weighted by Gasteiger charge is -2.28. The average Bonchev–Trinajstić information content (AvgIpc) is 3.24. The number of piperidine rings is 1. The zero-order valence-corrected chi connectivity index (χ0v) is 18.0. The van der Waals surface area contributed by atoms with Gasteiger partial charge in [-0.25, -0.2) is 9.78 Å². The van der Waals surface area contributed by atoms with Crippen LogP contribution in [-0.2, 0) is 32.8 Å². The summed E-state index contributed by atoms with van der Waals surface area (Å²) in [5.74, 6) is 1.30. The van der Waals surface area contributed by atoms with Crippen LogP contribution < -0.4 is 4.74 Å². The highest BCUT2D eigenvalue weighted by atomic mass is 32.2. The van der Waals surface area contributed by atoms with Gasteiger partial charge < -0.3 is 14.7 Å². The molecule has 1 aromatic carbocycles. The van der Waals surface area contributed by atoms with E-state index in [1.54, 1.807) is 11.3 Å². The number of nitrogens with zero attached hydrogens (tertiary/aromatic N) is 2. The van der Waals surface area contributed by atoms with E-state index in [4.69, 9.17) is 23.2 Å². The first kappa shape index (κ1) is 21.2. The predicted molar refractivity (Wildman–Crippen MR) is 112 cm³/mol. The first-order valence-corrected chi connectivity index (χ1v) is 11.8. The second kappa shape index (κ2) is 9.86. The van der Waals surface area contributed by atoms with Crippen molar-refractivity contribution in [1.29, 1.82) is 0 Å². The highest BCUT2D eigenvalue weighted by Gasteiger charge is 2.25. The van der Waals surface area contributed by atoms with E-state index in [1.165, 1.54) is 4.90 Å². The second-order valence-corrected chi connectivity index (χ2v) is 9.27. The minimum atomic E-state index is -1.60. The molecule has 0 unspecified atom stereocenters. The van der Waals surface area contributed by atoms with Gasteiger partial charge in [0.15, 0.2) is 0 Å². The smallest absolute Gasteiger partial charge is 0.407 e.